The summed E-state index contributed by atoms with van der Waals surface area (Å²) in [5.74, 6) is -2.89. The second kappa shape index (κ2) is 4.19. The van der Waals surface area contributed by atoms with Crippen LogP contribution < -0.4 is 5.32 Å². The number of amides is 1. The number of hydrogen-bond acceptors (Lipinski definition) is 2. The van der Waals surface area contributed by atoms with Crippen LogP contribution in [0.15, 0.2) is 0 Å². The summed E-state index contributed by atoms with van der Waals surface area (Å²) in [5.41, 5.74) is 0.106. The van der Waals surface area contributed by atoms with Gasteiger partial charge < -0.3 is 4.90 Å². The quantitative estimate of drug-likeness (QED) is 0.762. The van der Waals surface area contributed by atoms with Crippen LogP contribution in [-0.2, 0) is 4.79 Å². The summed E-state index contributed by atoms with van der Waals surface area (Å²) in [6.07, 6.45) is 1.69. The molecule has 0 aromatic rings. The second-order valence-corrected chi connectivity index (χ2v) is 6.02. The Kier molecular flexibility index (Phi) is 3.14. The number of nitrogens with zero attached hydrogens (tertiary/aromatic N) is 1. The zero-order valence-electron chi connectivity index (χ0n) is 10.4. The largest absolute Gasteiger partial charge is 0.341 e. The summed E-state index contributed by atoms with van der Waals surface area (Å²) in [6.45, 7) is 5.23. The molecule has 2 heterocycles. The maximum atomic E-state index is 13.0. The van der Waals surface area contributed by atoms with Crippen LogP contribution >= 0.6 is 0 Å². The van der Waals surface area contributed by atoms with Crippen LogP contribution in [0.5, 0.6) is 0 Å². The summed E-state index contributed by atoms with van der Waals surface area (Å²) in [5, 5.41) is 2.63. The number of carbonyl (C=O) groups is 1. The Bertz CT molecular complexity index is 318. The van der Waals surface area contributed by atoms with Crippen molar-refractivity contribution in [1.29, 1.82) is 0 Å². The van der Waals surface area contributed by atoms with Gasteiger partial charge in [0.05, 0.1) is 12.6 Å². The van der Waals surface area contributed by atoms with Gasteiger partial charge in [0.1, 0.15) is 0 Å². The van der Waals surface area contributed by atoms with Crippen LogP contribution in [0.25, 0.3) is 0 Å². The van der Waals surface area contributed by atoms with Gasteiger partial charge in [-0.25, -0.2) is 8.78 Å². The van der Waals surface area contributed by atoms with E-state index in [4.69, 9.17) is 0 Å². The number of carbonyl (C=O) groups excluding carboxylic acids is 1. The maximum absolute atomic E-state index is 13.0. The van der Waals surface area contributed by atoms with Gasteiger partial charge in [-0.1, -0.05) is 13.8 Å². The van der Waals surface area contributed by atoms with E-state index < -0.39 is 12.0 Å². The molecular weight excluding hydrogens is 226 g/mol. The first kappa shape index (κ1) is 12.7. The van der Waals surface area contributed by atoms with E-state index in [1.165, 1.54) is 0 Å². The molecule has 0 aliphatic carbocycles. The first-order valence-corrected chi connectivity index (χ1v) is 6.19. The Morgan fingerprint density at radius 2 is 2.12 bits per heavy atom. The topological polar surface area (TPSA) is 32.3 Å². The van der Waals surface area contributed by atoms with Gasteiger partial charge in [0, 0.05) is 19.5 Å². The Hall–Kier alpha value is -0.710. The van der Waals surface area contributed by atoms with Gasteiger partial charge in [-0.3, -0.25) is 10.1 Å². The lowest BCUT2D eigenvalue weighted by Gasteiger charge is -2.39. The molecule has 2 aliphatic rings. The first-order chi connectivity index (χ1) is 7.79. The Balaban J connectivity index is 1.96. The van der Waals surface area contributed by atoms with Gasteiger partial charge >= 0.3 is 0 Å². The highest BCUT2D eigenvalue weighted by Crippen LogP contribution is 2.31. The number of hydrogen-bond donors (Lipinski definition) is 1. The molecule has 0 spiro atoms. The van der Waals surface area contributed by atoms with Crippen molar-refractivity contribution in [2.45, 2.75) is 45.1 Å². The predicted octanol–water partition coefficient (Wildman–Crippen LogP) is 1.63. The lowest BCUT2D eigenvalue weighted by atomic mass is 9.84. The highest BCUT2D eigenvalue weighted by Gasteiger charge is 2.44. The van der Waals surface area contributed by atoms with Crippen molar-refractivity contribution in [1.82, 2.24) is 10.2 Å². The van der Waals surface area contributed by atoms with Crippen LogP contribution in [0.2, 0.25) is 0 Å². The molecule has 1 atom stereocenters. The fraction of sp³-hybridized carbons (Fsp3) is 0.917. The molecular formula is C12H20F2N2O. The normalized spacial score (nSPS) is 31.5. The average molecular weight is 246 g/mol. The van der Waals surface area contributed by atoms with Crippen molar-refractivity contribution in [3.63, 3.8) is 0 Å². The summed E-state index contributed by atoms with van der Waals surface area (Å²) in [6, 6.07) is -0.695. The summed E-state index contributed by atoms with van der Waals surface area (Å²) >= 11 is 0. The van der Waals surface area contributed by atoms with Gasteiger partial charge in [-0.05, 0) is 18.3 Å². The molecule has 5 heteroatoms. The van der Waals surface area contributed by atoms with Gasteiger partial charge in [0.2, 0.25) is 5.91 Å². The molecule has 2 rings (SSSR count). The molecule has 1 unspecified atom stereocenters. The van der Waals surface area contributed by atoms with Gasteiger partial charge in [-0.2, -0.15) is 0 Å². The molecule has 0 aromatic carbocycles. The zero-order valence-corrected chi connectivity index (χ0v) is 10.4. The maximum Gasteiger partial charge on any atom is 0.262 e. The fourth-order valence-corrected chi connectivity index (χ4v) is 2.72. The number of likely N-dealkylation sites (tertiary alicyclic amines) is 1. The molecule has 0 aromatic heterocycles. The van der Waals surface area contributed by atoms with E-state index in [0.717, 1.165) is 12.8 Å². The Labute approximate surface area is 101 Å². The zero-order chi connectivity index (χ0) is 12.7. The molecule has 0 saturated carbocycles. The molecule has 0 radical (unpaired) electrons. The van der Waals surface area contributed by atoms with Crippen LogP contribution in [0.1, 0.15) is 33.1 Å². The molecule has 2 aliphatic heterocycles. The van der Waals surface area contributed by atoms with E-state index >= 15 is 0 Å². The van der Waals surface area contributed by atoms with Gasteiger partial charge in [0.15, 0.2) is 0 Å². The van der Waals surface area contributed by atoms with E-state index in [9.17, 15) is 13.6 Å². The van der Waals surface area contributed by atoms with E-state index in [2.05, 4.69) is 19.2 Å². The third-order valence-corrected chi connectivity index (χ3v) is 3.62. The minimum atomic E-state index is -2.73. The average Bonchev–Trinajstić information content (AvgIpc) is 2.56. The number of rotatable bonds is 1. The van der Waals surface area contributed by atoms with Crippen molar-refractivity contribution < 1.29 is 13.6 Å². The minimum Gasteiger partial charge on any atom is -0.341 e. The van der Waals surface area contributed by atoms with Crippen LogP contribution in [0.4, 0.5) is 8.78 Å². The standard InChI is InChI=1S/C12H20F2N2O/c1-11(2)4-3-5-16(8-11)10(17)9-6-12(13,14)7-15-9/h9,15H,3-8H2,1-2H3. The molecule has 2 fully saturated rings. The number of piperidine rings is 1. The first-order valence-electron chi connectivity index (χ1n) is 6.19. The van der Waals surface area contributed by atoms with Crippen molar-refractivity contribution in [3.8, 4) is 0 Å². The SMILES string of the molecule is CC1(C)CCCN(C(=O)C2CC(F)(F)CN2)C1. The number of halogens is 2. The van der Waals surface area contributed by atoms with E-state index in [1.54, 1.807) is 4.90 Å². The molecule has 1 N–H and O–H groups in total. The van der Waals surface area contributed by atoms with Crippen LogP contribution in [0, 0.1) is 5.41 Å². The summed E-state index contributed by atoms with van der Waals surface area (Å²) < 4.78 is 26.1. The number of nitrogens with one attached hydrogen (secondary N) is 1. The Morgan fingerprint density at radius 1 is 1.41 bits per heavy atom. The molecule has 1 amide bonds. The summed E-state index contributed by atoms with van der Waals surface area (Å²) in [4.78, 5) is 13.8. The highest BCUT2D eigenvalue weighted by molar-refractivity contribution is 5.82. The molecule has 0 bridgehead atoms. The Morgan fingerprint density at radius 3 is 2.65 bits per heavy atom. The van der Waals surface area contributed by atoms with Gasteiger partial charge in [0.25, 0.3) is 5.92 Å². The predicted molar refractivity (Wildman–Crippen MR) is 60.9 cm³/mol. The smallest absolute Gasteiger partial charge is 0.262 e. The third kappa shape index (κ3) is 2.94. The second-order valence-electron chi connectivity index (χ2n) is 6.02. The molecule has 17 heavy (non-hydrogen) atoms. The molecule has 3 nitrogen and oxygen atoms in total. The molecule has 98 valence electrons. The lowest BCUT2D eigenvalue weighted by molar-refractivity contribution is -0.136. The highest BCUT2D eigenvalue weighted by atomic mass is 19.3. The van der Waals surface area contributed by atoms with Crippen molar-refractivity contribution in [2.24, 2.45) is 5.41 Å². The van der Waals surface area contributed by atoms with Crippen LogP contribution in [0.3, 0.4) is 0 Å². The lowest BCUT2D eigenvalue weighted by Crippen LogP contribution is -2.49. The monoisotopic (exact) mass is 246 g/mol. The van der Waals surface area contributed by atoms with E-state index in [-0.39, 0.29) is 24.3 Å². The number of alkyl halides is 2. The van der Waals surface area contributed by atoms with Crippen LogP contribution in [-0.4, -0.2) is 42.4 Å². The third-order valence-electron chi connectivity index (χ3n) is 3.62. The van der Waals surface area contributed by atoms with E-state index in [0.29, 0.717) is 13.1 Å². The van der Waals surface area contributed by atoms with Crippen molar-refractivity contribution in [3.05, 3.63) is 0 Å². The minimum absolute atomic E-state index is 0.106. The summed E-state index contributed by atoms with van der Waals surface area (Å²) in [7, 11) is 0. The molecule has 2 saturated heterocycles. The van der Waals surface area contributed by atoms with Crippen molar-refractivity contribution >= 4 is 5.91 Å². The van der Waals surface area contributed by atoms with Crippen molar-refractivity contribution in [2.75, 3.05) is 19.6 Å². The van der Waals surface area contributed by atoms with Gasteiger partial charge in [-0.15, -0.1) is 0 Å². The van der Waals surface area contributed by atoms with E-state index in [1.807, 2.05) is 0 Å². The fourth-order valence-electron chi connectivity index (χ4n) is 2.72.